The molecule has 2 aromatic rings. The van der Waals surface area contributed by atoms with E-state index in [2.05, 4.69) is 5.32 Å². The summed E-state index contributed by atoms with van der Waals surface area (Å²) in [6, 6.07) is 11.7. The highest BCUT2D eigenvalue weighted by molar-refractivity contribution is 6.31. The number of aromatic hydroxyl groups is 1. The summed E-state index contributed by atoms with van der Waals surface area (Å²) < 4.78 is 0. The minimum absolute atomic E-state index is 0.0207. The molecule has 1 amide bonds. The Labute approximate surface area is 122 Å². The van der Waals surface area contributed by atoms with E-state index in [-0.39, 0.29) is 11.7 Å². The van der Waals surface area contributed by atoms with Crippen molar-refractivity contribution in [3.05, 3.63) is 53.1 Å². The van der Waals surface area contributed by atoms with Crippen molar-refractivity contribution in [1.82, 2.24) is 0 Å². The minimum Gasteiger partial charge on any atom is -0.506 e. The van der Waals surface area contributed by atoms with Gasteiger partial charge in [-0.3, -0.25) is 4.79 Å². The third-order valence-corrected chi connectivity index (χ3v) is 3.09. The Balaban J connectivity index is 2.17. The van der Waals surface area contributed by atoms with E-state index in [0.717, 1.165) is 5.69 Å². The SMILES string of the molecule is CN(C)c1ccc(C(=O)Nc2cc(Cl)ccc2O)cc1. The number of benzene rings is 2. The molecule has 0 radical (unpaired) electrons. The lowest BCUT2D eigenvalue weighted by Crippen LogP contribution is -2.13. The molecule has 0 atom stereocenters. The van der Waals surface area contributed by atoms with Gasteiger partial charge in [0, 0.05) is 30.4 Å². The number of nitrogens with one attached hydrogen (secondary N) is 1. The van der Waals surface area contributed by atoms with E-state index in [9.17, 15) is 9.90 Å². The van der Waals surface area contributed by atoms with Crippen LogP contribution in [-0.4, -0.2) is 25.1 Å². The number of nitrogens with zero attached hydrogens (tertiary/aromatic N) is 1. The summed E-state index contributed by atoms with van der Waals surface area (Å²) in [6.07, 6.45) is 0. The number of rotatable bonds is 3. The van der Waals surface area contributed by atoms with Gasteiger partial charge in [0.15, 0.2) is 0 Å². The molecule has 0 saturated heterocycles. The number of phenols is 1. The Morgan fingerprint density at radius 2 is 1.80 bits per heavy atom. The number of halogens is 1. The first kappa shape index (κ1) is 14.2. The van der Waals surface area contributed by atoms with Crippen molar-refractivity contribution in [2.24, 2.45) is 0 Å². The summed E-state index contributed by atoms with van der Waals surface area (Å²) in [7, 11) is 3.86. The standard InChI is InChI=1S/C15H15ClN2O2/c1-18(2)12-6-3-10(4-7-12)15(20)17-13-9-11(16)5-8-14(13)19/h3-9,19H,1-2H3,(H,17,20). The smallest absolute Gasteiger partial charge is 0.255 e. The first-order chi connectivity index (χ1) is 9.47. The lowest BCUT2D eigenvalue weighted by Gasteiger charge is -2.13. The maximum absolute atomic E-state index is 12.1. The molecular weight excluding hydrogens is 276 g/mol. The molecule has 20 heavy (non-hydrogen) atoms. The topological polar surface area (TPSA) is 52.6 Å². The maximum atomic E-state index is 12.1. The van der Waals surface area contributed by atoms with E-state index < -0.39 is 0 Å². The highest BCUT2D eigenvalue weighted by atomic mass is 35.5. The Morgan fingerprint density at radius 1 is 1.15 bits per heavy atom. The number of carbonyl (C=O) groups is 1. The maximum Gasteiger partial charge on any atom is 0.255 e. The zero-order chi connectivity index (χ0) is 14.7. The molecule has 0 saturated carbocycles. The fourth-order valence-corrected chi connectivity index (χ4v) is 1.89. The summed E-state index contributed by atoms with van der Waals surface area (Å²) in [5.74, 6) is -0.319. The molecule has 0 aliphatic carbocycles. The van der Waals surface area contributed by atoms with Crippen LogP contribution in [0, 0.1) is 0 Å². The van der Waals surface area contributed by atoms with Crippen LogP contribution in [0.3, 0.4) is 0 Å². The van der Waals surface area contributed by atoms with Gasteiger partial charge in [0.1, 0.15) is 5.75 Å². The van der Waals surface area contributed by atoms with Crippen molar-refractivity contribution in [2.45, 2.75) is 0 Å². The van der Waals surface area contributed by atoms with Gasteiger partial charge in [0.05, 0.1) is 5.69 Å². The lowest BCUT2D eigenvalue weighted by molar-refractivity contribution is 0.102. The summed E-state index contributed by atoms with van der Waals surface area (Å²) in [4.78, 5) is 14.0. The van der Waals surface area contributed by atoms with Crippen molar-refractivity contribution < 1.29 is 9.90 Å². The van der Waals surface area contributed by atoms with Crippen LogP contribution in [0.4, 0.5) is 11.4 Å². The number of anilines is 2. The van der Waals surface area contributed by atoms with Crippen LogP contribution in [0.25, 0.3) is 0 Å². The Bertz CT molecular complexity index is 624. The van der Waals surface area contributed by atoms with E-state index in [1.807, 2.05) is 31.1 Å². The van der Waals surface area contributed by atoms with Gasteiger partial charge >= 0.3 is 0 Å². The van der Waals surface area contributed by atoms with Gasteiger partial charge in [-0.1, -0.05) is 11.6 Å². The van der Waals surface area contributed by atoms with Gasteiger partial charge in [-0.25, -0.2) is 0 Å². The van der Waals surface area contributed by atoms with Crippen LogP contribution in [0.5, 0.6) is 5.75 Å². The second-order valence-electron chi connectivity index (χ2n) is 4.56. The summed E-state index contributed by atoms with van der Waals surface area (Å²) >= 11 is 5.83. The third-order valence-electron chi connectivity index (χ3n) is 2.85. The molecule has 2 aromatic carbocycles. The molecule has 0 bridgehead atoms. The Hall–Kier alpha value is -2.20. The monoisotopic (exact) mass is 290 g/mol. The van der Waals surface area contributed by atoms with E-state index in [1.54, 1.807) is 18.2 Å². The zero-order valence-corrected chi connectivity index (χ0v) is 12.0. The van der Waals surface area contributed by atoms with E-state index in [1.165, 1.54) is 12.1 Å². The Morgan fingerprint density at radius 3 is 2.40 bits per heavy atom. The summed E-state index contributed by atoms with van der Waals surface area (Å²) in [6.45, 7) is 0. The molecule has 104 valence electrons. The summed E-state index contributed by atoms with van der Waals surface area (Å²) in [5.41, 5.74) is 1.81. The number of carbonyl (C=O) groups excluding carboxylic acids is 1. The van der Waals surface area contributed by atoms with E-state index in [4.69, 9.17) is 11.6 Å². The molecule has 0 aliphatic heterocycles. The average Bonchev–Trinajstić information content (AvgIpc) is 2.43. The van der Waals surface area contributed by atoms with Crippen molar-refractivity contribution in [1.29, 1.82) is 0 Å². The zero-order valence-electron chi connectivity index (χ0n) is 11.2. The second-order valence-corrected chi connectivity index (χ2v) is 4.99. The average molecular weight is 291 g/mol. The number of phenolic OH excluding ortho intramolecular Hbond substituents is 1. The van der Waals surface area contributed by atoms with Crippen LogP contribution in [0.15, 0.2) is 42.5 Å². The molecule has 2 N–H and O–H groups in total. The number of hydrogen-bond acceptors (Lipinski definition) is 3. The van der Waals surface area contributed by atoms with Crippen LogP contribution in [-0.2, 0) is 0 Å². The predicted molar refractivity (Wildman–Crippen MR) is 81.8 cm³/mol. The molecule has 0 fully saturated rings. The largest absolute Gasteiger partial charge is 0.506 e. The lowest BCUT2D eigenvalue weighted by atomic mass is 10.2. The first-order valence-corrected chi connectivity index (χ1v) is 6.42. The van der Waals surface area contributed by atoms with Gasteiger partial charge in [-0.05, 0) is 42.5 Å². The molecule has 2 rings (SSSR count). The minimum atomic E-state index is -0.298. The highest BCUT2D eigenvalue weighted by Crippen LogP contribution is 2.27. The van der Waals surface area contributed by atoms with Crippen molar-refractivity contribution in [2.75, 3.05) is 24.3 Å². The van der Waals surface area contributed by atoms with Crippen LogP contribution >= 0.6 is 11.6 Å². The molecular formula is C15H15ClN2O2. The fourth-order valence-electron chi connectivity index (χ4n) is 1.71. The van der Waals surface area contributed by atoms with Crippen molar-refractivity contribution in [3.63, 3.8) is 0 Å². The van der Waals surface area contributed by atoms with Crippen molar-refractivity contribution in [3.8, 4) is 5.75 Å². The molecule has 0 spiro atoms. The second kappa shape index (κ2) is 5.84. The van der Waals surface area contributed by atoms with Gasteiger partial charge in [0.25, 0.3) is 5.91 Å². The normalized spacial score (nSPS) is 10.2. The van der Waals surface area contributed by atoms with E-state index >= 15 is 0 Å². The highest BCUT2D eigenvalue weighted by Gasteiger charge is 2.09. The fraction of sp³-hybridized carbons (Fsp3) is 0.133. The number of hydrogen-bond donors (Lipinski definition) is 2. The van der Waals surface area contributed by atoms with Gasteiger partial charge in [0.2, 0.25) is 0 Å². The molecule has 0 heterocycles. The molecule has 0 aromatic heterocycles. The third kappa shape index (κ3) is 3.22. The van der Waals surface area contributed by atoms with Gasteiger partial charge < -0.3 is 15.3 Å². The molecule has 0 unspecified atom stereocenters. The molecule has 4 nitrogen and oxygen atoms in total. The van der Waals surface area contributed by atoms with Crippen LogP contribution in [0.2, 0.25) is 5.02 Å². The quantitative estimate of drug-likeness (QED) is 0.852. The molecule has 0 aliphatic rings. The number of amides is 1. The molecule has 5 heteroatoms. The Kier molecular flexibility index (Phi) is 4.15. The van der Waals surface area contributed by atoms with Gasteiger partial charge in [-0.2, -0.15) is 0 Å². The summed E-state index contributed by atoms with van der Waals surface area (Å²) in [5, 5.41) is 12.7. The first-order valence-electron chi connectivity index (χ1n) is 6.04. The van der Waals surface area contributed by atoms with Crippen LogP contribution < -0.4 is 10.2 Å². The van der Waals surface area contributed by atoms with E-state index in [0.29, 0.717) is 16.3 Å². The predicted octanol–water partition coefficient (Wildman–Crippen LogP) is 3.36. The van der Waals surface area contributed by atoms with Crippen molar-refractivity contribution >= 4 is 28.9 Å². The van der Waals surface area contributed by atoms with Crippen LogP contribution in [0.1, 0.15) is 10.4 Å². The van der Waals surface area contributed by atoms with Gasteiger partial charge in [-0.15, -0.1) is 0 Å².